The number of likely N-dealkylation sites (tertiary alicyclic amines) is 1. The summed E-state index contributed by atoms with van der Waals surface area (Å²) < 4.78 is 3.95. The van der Waals surface area contributed by atoms with E-state index in [1.54, 1.807) is 20.8 Å². The number of aliphatic hydroxyl groups is 1. The third kappa shape index (κ3) is 3.97. The molecule has 1 heterocycles. The number of rotatable bonds is 2. The zero-order valence-corrected chi connectivity index (χ0v) is 13.0. The van der Waals surface area contributed by atoms with Gasteiger partial charge in [0.15, 0.2) is 0 Å². The van der Waals surface area contributed by atoms with E-state index in [1.165, 1.54) is 6.92 Å². The number of amides is 2. The summed E-state index contributed by atoms with van der Waals surface area (Å²) in [6.45, 7) is 6.23. The summed E-state index contributed by atoms with van der Waals surface area (Å²) in [5, 5.41) is 9.42. The summed E-state index contributed by atoms with van der Waals surface area (Å²) >= 11 is 12.0. The predicted molar refractivity (Wildman–Crippen MR) is 72.2 cm³/mol. The summed E-state index contributed by atoms with van der Waals surface area (Å²) in [5.74, 6) is -0.966. The Balaban J connectivity index is 2.95. The van der Waals surface area contributed by atoms with Gasteiger partial charge in [-0.1, -0.05) is 0 Å². The van der Waals surface area contributed by atoms with Crippen LogP contribution in [0.25, 0.3) is 0 Å². The fraction of sp³-hybridized carbons (Fsp3) is 0.833. The van der Waals surface area contributed by atoms with Crippen LogP contribution in [0.5, 0.6) is 0 Å². The molecular weight excluding hydrogens is 293 g/mol. The topological polar surface area (TPSA) is 66.8 Å². The number of alkyl halides is 2. The lowest BCUT2D eigenvalue weighted by molar-refractivity contribution is -0.128. The van der Waals surface area contributed by atoms with E-state index in [0.29, 0.717) is 0 Å². The summed E-state index contributed by atoms with van der Waals surface area (Å²) in [5.41, 5.74) is -0.722. The molecular formula is C12H19Cl2NO4. The second-order valence-corrected chi connectivity index (χ2v) is 7.52. The molecule has 0 spiro atoms. The van der Waals surface area contributed by atoms with Gasteiger partial charge in [-0.3, -0.25) is 4.79 Å². The third-order valence-electron chi connectivity index (χ3n) is 2.89. The van der Waals surface area contributed by atoms with Crippen LogP contribution in [0.4, 0.5) is 4.79 Å². The molecule has 0 unspecified atom stereocenters. The van der Waals surface area contributed by atoms with Gasteiger partial charge in [0.1, 0.15) is 9.93 Å². The Morgan fingerprint density at radius 2 is 1.95 bits per heavy atom. The quantitative estimate of drug-likeness (QED) is 0.795. The van der Waals surface area contributed by atoms with Crippen molar-refractivity contribution in [1.29, 1.82) is 0 Å². The number of carbonyl (C=O) groups excluding carboxylic acids is 2. The average Bonchev–Trinajstić information content (AvgIpc) is 2.51. The van der Waals surface area contributed by atoms with Gasteiger partial charge >= 0.3 is 6.09 Å². The van der Waals surface area contributed by atoms with Crippen molar-refractivity contribution in [3.05, 3.63) is 0 Å². The number of hydrogen-bond acceptors (Lipinski definition) is 4. The van der Waals surface area contributed by atoms with Crippen LogP contribution in [-0.2, 0) is 9.53 Å². The minimum Gasteiger partial charge on any atom is -0.443 e. The highest BCUT2D eigenvalue weighted by atomic mass is 35.5. The Morgan fingerprint density at radius 3 is 2.32 bits per heavy atom. The molecule has 0 aromatic rings. The van der Waals surface area contributed by atoms with E-state index in [2.05, 4.69) is 0 Å². The predicted octanol–water partition coefficient (Wildman–Crippen LogP) is 2.32. The van der Waals surface area contributed by atoms with Gasteiger partial charge in [0.2, 0.25) is 5.91 Å². The molecule has 19 heavy (non-hydrogen) atoms. The van der Waals surface area contributed by atoms with Crippen LogP contribution in [0, 0.1) is 5.92 Å². The van der Waals surface area contributed by atoms with Gasteiger partial charge in [-0.2, -0.15) is 0 Å². The maximum absolute atomic E-state index is 12.0. The zero-order valence-electron chi connectivity index (χ0n) is 11.4. The Hall–Kier alpha value is -0.520. The number of aliphatic hydroxyl groups excluding tert-OH is 1. The largest absolute Gasteiger partial charge is 0.443 e. The monoisotopic (exact) mass is 311 g/mol. The zero-order chi connectivity index (χ0) is 15.0. The normalized spacial score (nSPS) is 24.8. The van der Waals surface area contributed by atoms with Gasteiger partial charge in [0.25, 0.3) is 0 Å². The highest BCUT2D eigenvalue weighted by Gasteiger charge is 2.50. The van der Waals surface area contributed by atoms with Crippen molar-refractivity contribution < 1.29 is 19.4 Å². The van der Waals surface area contributed by atoms with E-state index in [4.69, 9.17) is 27.9 Å². The first kappa shape index (κ1) is 16.5. The molecule has 110 valence electrons. The van der Waals surface area contributed by atoms with Crippen LogP contribution in [-0.4, -0.2) is 44.6 Å². The van der Waals surface area contributed by atoms with Crippen molar-refractivity contribution in [2.45, 2.75) is 50.1 Å². The number of carbonyl (C=O) groups is 2. The fourth-order valence-corrected chi connectivity index (χ4v) is 2.51. The molecule has 5 nitrogen and oxygen atoms in total. The molecule has 0 aromatic carbocycles. The Labute approximate surface area is 122 Å². The number of nitrogens with zero attached hydrogens (tertiary/aromatic N) is 1. The smallest absolute Gasteiger partial charge is 0.417 e. The molecule has 0 bridgehead atoms. The maximum atomic E-state index is 12.0. The molecule has 1 aliphatic rings. The second kappa shape index (κ2) is 5.46. The van der Waals surface area contributed by atoms with Crippen molar-refractivity contribution in [3.8, 4) is 0 Å². The molecule has 1 aliphatic heterocycles. The number of ether oxygens (including phenoxy) is 1. The Bertz CT molecular complexity index is 373. The number of hydrogen-bond donors (Lipinski definition) is 1. The van der Waals surface area contributed by atoms with E-state index in [0.717, 1.165) is 4.90 Å². The summed E-state index contributed by atoms with van der Waals surface area (Å²) in [6.07, 6.45) is -0.773. The highest BCUT2D eigenvalue weighted by Crippen LogP contribution is 2.41. The molecule has 1 saturated heterocycles. The minimum absolute atomic E-state index is 0.00791. The molecule has 2 amide bonds. The van der Waals surface area contributed by atoms with Gasteiger partial charge in [-0.25, -0.2) is 9.69 Å². The standard InChI is InChI=1S/C12H19Cl2NO4/c1-11(2,3)19-10(18)15-8(6-16)7(5-9(15)17)12(4,13)14/h7-8,16H,5-6H2,1-4H3/t7-,8+/m0/s1. The summed E-state index contributed by atoms with van der Waals surface area (Å²) in [6, 6.07) is -0.762. The first-order valence-corrected chi connectivity index (χ1v) is 6.76. The van der Waals surface area contributed by atoms with E-state index in [9.17, 15) is 14.7 Å². The van der Waals surface area contributed by atoms with Crippen LogP contribution in [0.2, 0.25) is 0 Å². The van der Waals surface area contributed by atoms with Crippen LogP contribution in [0.3, 0.4) is 0 Å². The van der Waals surface area contributed by atoms with Gasteiger partial charge in [-0.15, -0.1) is 23.2 Å². The molecule has 1 fully saturated rings. The van der Waals surface area contributed by atoms with Gasteiger partial charge in [-0.05, 0) is 27.7 Å². The first-order chi connectivity index (χ1) is 8.47. The highest BCUT2D eigenvalue weighted by molar-refractivity contribution is 6.48. The Kier molecular flexibility index (Phi) is 4.75. The molecule has 0 aromatic heterocycles. The first-order valence-electron chi connectivity index (χ1n) is 6.01. The van der Waals surface area contributed by atoms with E-state index < -0.39 is 40.5 Å². The van der Waals surface area contributed by atoms with Crippen molar-refractivity contribution in [2.75, 3.05) is 6.61 Å². The van der Waals surface area contributed by atoms with E-state index >= 15 is 0 Å². The Morgan fingerprint density at radius 1 is 1.42 bits per heavy atom. The van der Waals surface area contributed by atoms with Gasteiger partial charge in [0, 0.05) is 12.3 Å². The maximum Gasteiger partial charge on any atom is 0.417 e. The fourth-order valence-electron chi connectivity index (χ4n) is 2.06. The van der Waals surface area contributed by atoms with Gasteiger partial charge < -0.3 is 9.84 Å². The lowest BCUT2D eigenvalue weighted by Gasteiger charge is -2.31. The second-order valence-electron chi connectivity index (χ2n) is 5.76. The van der Waals surface area contributed by atoms with Crippen molar-refractivity contribution in [1.82, 2.24) is 4.90 Å². The van der Waals surface area contributed by atoms with Crippen LogP contribution in [0.1, 0.15) is 34.1 Å². The molecule has 0 radical (unpaired) electrons. The lowest BCUT2D eigenvalue weighted by Crippen LogP contribution is -2.47. The number of halogens is 2. The van der Waals surface area contributed by atoms with Crippen LogP contribution >= 0.6 is 23.2 Å². The van der Waals surface area contributed by atoms with Gasteiger partial charge in [0.05, 0.1) is 12.6 Å². The lowest BCUT2D eigenvalue weighted by atomic mass is 9.97. The van der Waals surface area contributed by atoms with E-state index in [1.807, 2.05) is 0 Å². The molecule has 0 saturated carbocycles. The molecule has 0 aliphatic carbocycles. The van der Waals surface area contributed by atoms with Crippen LogP contribution in [0.15, 0.2) is 0 Å². The SMILES string of the molecule is CC(C)(C)OC(=O)N1C(=O)C[C@H](C(C)(Cl)Cl)[C@H]1CO. The summed E-state index contributed by atoms with van der Waals surface area (Å²) in [4.78, 5) is 24.8. The molecule has 1 N–H and O–H groups in total. The summed E-state index contributed by atoms with van der Waals surface area (Å²) in [7, 11) is 0. The van der Waals surface area contributed by atoms with E-state index in [-0.39, 0.29) is 6.42 Å². The van der Waals surface area contributed by atoms with Crippen LogP contribution < -0.4 is 0 Å². The number of imide groups is 1. The van der Waals surface area contributed by atoms with Crippen molar-refractivity contribution in [3.63, 3.8) is 0 Å². The average molecular weight is 312 g/mol. The molecule has 1 rings (SSSR count). The molecule has 2 atom stereocenters. The minimum atomic E-state index is -1.21. The van der Waals surface area contributed by atoms with Crippen molar-refractivity contribution in [2.24, 2.45) is 5.92 Å². The van der Waals surface area contributed by atoms with Crippen molar-refractivity contribution >= 4 is 35.2 Å². The third-order valence-corrected chi connectivity index (χ3v) is 3.45. The molecule has 7 heteroatoms.